The smallest absolute Gasteiger partial charge is 0.0566 e. The average molecular weight is 268 g/mol. The molecule has 2 aliphatic rings. The molecule has 0 aromatic heterocycles. The van der Waals surface area contributed by atoms with Crippen LogP contribution >= 0.6 is 0 Å². The topological polar surface area (TPSA) is 49.5 Å². The summed E-state index contributed by atoms with van der Waals surface area (Å²) in [6.45, 7) is 6.43. The van der Waals surface area contributed by atoms with Gasteiger partial charge in [-0.1, -0.05) is 33.1 Å². The Hall–Kier alpha value is -0.120. The number of hydrogen-bond donors (Lipinski definition) is 2. The summed E-state index contributed by atoms with van der Waals surface area (Å²) in [4.78, 5) is 2.63. The average Bonchev–Trinajstić information content (AvgIpc) is 2.39. The van der Waals surface area contributed by atoms with Gasteiger partial charge >= 0.3 is 0 Å². The van der Waals surface area contributed by atoms with E-state index in [4.69, 9.17) is 5.73 Å². The molecule has 1 heterocycles. The summed E-state index contributed by atoms with van der Waals surface area (Å²) in [5.41, 5.74) is 6.25. The fourth-order valence-corrected chi connectivity index (χ4v) is 3.81. The normalized spacial score (nSPS) is 32.7. The number of likely N-dealkylation sites (tertiary alicyclic amines) is 1. The van der Waals surface area contributed by atoms with Crippen LogP contribution in [0, 0.1) is 11.8 Å². The summed E-state index contributed by atoms with van der Waals surface area (Å²) in [5.74, 6) is 0.948. The van der Waals surface area contributed by atoms with Gasteiger partial charge in [-0.3, -0.25) is 4.90 Å². The van der Waals surface area contributed by atoms with Crippen LogP contribution < -0.4 is 5.73 Å². The van der Waals surface area contributed by atoms with Crippen molar-refractivity contribution in [1.82, 2.24) is 4.90 Å². The molecule has 1 saturated carbocycles. The Labute approximate surface area is 118 Å². The first-order valence-electron chi connectivity index (χ1n) is 8.24. The minimum atomic E-state index is -0.163. The van der Waals surface area contributed by atoms with Crippen LogP contribution in [0.25, 0.3) is 0 Å². The molecule has 2 rings (SSSR count). The number of piperidine rings is 1. The third-order valence-corrected chi connectivity index (χ3v) is 5.03. The molecule has 3 nitrogen and oxygen atoms in total. The molecule has 0 bridgehead atoms. The zero-order valence-electron chi connectivity index (χ0n) is 12.7. The summed E-state index contributed by atoms with van der Waals surface area (Å²) >= 11 is 0. The van der Waals surface area contributed by atoms with Crippen molar-refractivity contribution in [3.63, 3.8) is 0 Å². The molecular weight excluding hydrogens is 236 g/mol. The summed E-state index contributed by atoms with van der Waals surface area (Å²) in [6.07, 6.45) is 8.74. The van der Waals surface area contributed by atoms with Gasteiger partial charge in [0, 0.05) is 25.2 Å². The summed E-state index contributed by atoms with van der Waals surface area (Å²) < 4.78 is 0. The Balaban J connectivity index is 1.87. The summed E-state index contributed by atoms with van der Waals surface area (Å²) in [7, 11) is 0. The van der Waals surface area contributed by atoms with Crippen molar-refractivity contribution in [2.75, 3.05) is 13.1 Å². The summed E-state index contributed by atoms with van der Waals surface area (Å²) in [5, 5.41) is 10.1. The molecule has 0 spiro atoms. The monoisotopic (exact) mass is 268 g/mol. The van der Waals surface area contributed by atoms with Crippen LogP contribution in [-0.4, -0.2) is 41.3 Å². The SMILES string of the molecule is CC(C)C(O)CC1CC(N)CN(C2CCCCC2)C1. The first kappa shape index (κ1) is 15.3. The highest BCUT2D eigenvalue weighted by Gasteiger charge is 2.31. The van der Waals surface area contributed by atoms with Crippen molar-refractivity contribution >= 4 is 0 Å². The van der Waals surface area contributed by atoms with Crippen LogP contribution in [-0.2, 0) is 0 Å². The molecule has 3 N–H and O–H groups in total. The fourth-order valence-electron chi connectivity index (χ4n) is 3.81. The Morgan fingerprint density at radius 3 is 2.47 bits per heavy atom. The molecule has 1 aliphatic carbocycles. The number of nitrogens with zero attached hydrogens (tertiary/aromatic N) is 1. The molecule has 3 unspecified atom stereocenters. The molecule has 19 heavy (non-hydrogen) atoms. The van der Waals surface area contributed by atoms with E-state index in [1.54, 1.807) is 0 Å². The largest absolute Gasteiger partial charge is 0.393 e. The second kappa shape index (κ2) is 7.05. The molecule has 0 amide bonds. The maximum Gasteiger partial charge on any atom is 0.0566 e. The van der Waals surface area contributed by atoms with Crippen molar-refractivity contribution in [3.05, 3.63) is 0 Å². The van der Waals surface area contributed by atoms with Gasteiger partial charge in [0.1, 0.15) is 0 Å². The quantitative estimate of drug-likeness (QED) is 0.823. The van der Waals surface area contributed by atoms with E-state index >= 15 is 0 Å². The summed E-state index contributed by atoms with van der Waals surface area (Å²) in [6, 6.07) is 1.07. The van der Waals surface area contributed by atoms with Crippen molar-refractivity contribution in [1.29, 1.82) is 0 Å². The van der Waals surface area contributed by atoms with Gasteiger partial charge in [-0.05, 0) is 37.5 Å². The van der Waals surface area contributed by atoms with Crippen molar-refractivity contribution in [3.8, 4) is 0 Å². The molecule has 0 radical (unpaired) electrons. The van der Waals surface area contributed by atoms with Crippen LogP contribution in [0.2, 0.25) is 0 Å². The highest BCUT2D eigenvalue weighted by molar-refractivity contribution is 4.87. The van der Waals surface area contributed by atoms with Crippen molar-refractivity contribution < 1.29 is 5.11 Å². The molecule has 3 atom stereocenters. The van der Waals surface area contributed by atoms with Gasteiger partial charge < -0.3 is 10.8 Å². The van der Waals surface area contributed by atoms with Gasteiger partial charge in [-0.15, -0.1) is 0 Å². The van der Waals surface area contributed by atoms with E-state index in [-0.39, 0.29) is 6.10 Å². The van der Waals surface area contributed by atoms with Crippen LogP contribution in [0.5, 0.6) is 0 Å². The van der Waals surface area contributed by atoms with Crippen LogP contribution in [0.1, 0.15) is 58.8 Å². The Bertz CT molecular complexity index is 263. The maximum absolute atomic E-state index is 10.1. The van der Waals surface area contributed by atoms with E-state index in [1.807, 2.05) is 0 Å². The predicted molar refractivity (Wildman–Crippen MR) is 80.0 cm³/mol. The number of hydrogen-bond acceptors (Lipinski definition) is 3. The third kappa shape index (κ3) is 4.44. The van der Waals surface area contributed by atoms with Gasteiger partial charge in [0.05, 0.1) is 6.10 Å². The standard InChI is InChI=1S/C16H32N2O/c1-12(2)16(19)9-13-8-14(17)11-18(10-13)15-6-4-3-5-7-15/h12-16,19H,3-11,17H2,1-2H3. The number of nitrogens with two attached hydrogens (primary N) is 1. The lowest BCUT2D eigenvalue weighted by atomic mass is 9.85. The molecule has 1 saturated heterocycles. The minimum absolute atomic E-state index is 0.163. The minimum Gasteiger partial charge on any atom is -0.393 e. The number of rotatable bonds is 4. The van der Waals surface area contributed by atoms with Gasteiger partial charge in [-0.25, -0.2) is 0 Å². The predicted octanol–water partition coefficient (Wildman–Crippen LogP) is 2.38. The lowest BCUT2D eigenvalue weighted by molar-refractivity contribution is 0.0439. The van der Waals surface area contributed by atoms with Gasteiger partial charge in [0.15, 0.2) is 0 Å². The first-order chi connectivity index (χ1) is 9.06. The second-order valence-corrected chi connectivity index (χ2v) is 7.15. The first-order valence-corrected chi connectivity index (χ1v) is 8.24. The van der Waals surface area contributed by atoms with Crippen LogP contribution in [0.15, 0.2) is 0 Å². The van der Waals surface area contributed by atoms with Crippen molar-refractivity contribution in [2.45, 2.75) is 77.0 Å². The van der Waals surface area contributed by atoms with Crippen LogP contribution in [0.4, 0.5) is 0 Å². The lowest BCUT2D eigenvalue weighted by Crippen LogP contribution is -2.52. The molecule has 1 aliphatic heterocycles. The third-order valence-electron chi connectivity index (χ3n) is 5.03. The molecule has 2 fully saturated rings. The highest BCUT2D eigenvalue weighted by Crippen LogP contribution is 2.29. The molecule has 3 heteroatoms. The Kier molecular flexibility index (Phi) is 5.67. The van der Waals surface area contributed by atoms with Crippen LogP contribution in [0.3, 0.4) is 0 Å². The lowest BCUT2D eigenvalue weighted by Gasteiger charge is -2.43. The highest BCUT2D eigenvalue weighted by atomic mass is 16.3. The van der Waals surface area contributed by atoms with E-state index in [2.05, 4.69) is 18.7 Å². The maximum atomic E-state index is 10.1. The molecule has 0 aromatic carbocycles. The Morgan fingerprint density at radius 2 is 1.84 bits per heavy atom. The Morgan fingerprint density at radius 1 is 1.16 bits per heavy atom. The fraction of sp³-hybridized carbons (Fsp3) is 1.00. The number of aliphatic hydroxyl groups excluding tert-OH is 1. The second-order valence-electron chi connectivity index (χ2n) is 7.15. The molecule has 112 valence electrons. The zero-order chi connectivity index (χ0) is 13.8. The van der Waals surface area contributed by atoms with Gasteiger partial charge in [0.2, 0.25) is 0 Å². The van der Waals surface area contributed by atoms with Crippen molar-refractivity contribution in [2.24, 2.45) is 17.6 Å². The number of aliphatic hydroxyl groups is 1. The van der Waals surface area contributed by atoms with Gasteiger partial charge in [0.25, 0.3) is 0 Å². The van der Waals surface area contributed by atoms with E-state index in [9.17, 15) is 5.11 Å². The zero-order valence-corrected chi connectivity index (χ0v) is 12.7. The van der Waals surface area contributed by atoms with E-state index in [1.165, 1.54) is 32.1 Å². The molecule has 0 aromatic rings. The van der Waals surface area contributed by atoms with E-state index in [0.29, 0.717) is 17.9 Å². The van der Waals surface area contributed by atoms with E-state index < -0.39 is 0 Å². The van der Waals surface area contributed by atoms with E-state index in [0.717, 1.165) is 32.0 Å². The molecular formula is C16H32N2O. The van der Waals surface area contributed by atoms with Gasteiger partial charge in [-0.2, -0.15) is 0 Å².